The Bertz CT molecular complexity index is 761. The number of aromatic nitrogens is 1. The van der Waals surface area contributed by atoms with Crippen LogP contribution in [0.15, 0.2) is 10.5 Å². The molecule has 0 saturated carbocycles. The Labute approximate surface area is 145 Å². The van der Waals surface area contributed by atoms with Crippen molar-refractivity contribution in [2.75, 3.05) is 7.05 Å². The number of thiazole rings is 1. The average molecular weight is 350 g/mol. The van der Waals surface area contributed by atoms with Crippen LogP contribution in [-0.2, 0) is 13.0 Å². The van der Waals surface area contributed by atoms with Gasteiger partial charge in [0.05, 0.1) is 17.2 Å². The maximum absolute atomic E-state index is 12.7. The van der Waals surface area contributed by atoms with E-state index in [0.29, 0.717) is 22.3 Å². The van der Waals surface area contributed by atoms with Gasteiger partial charge in [0.2, 0.25) is 0 Å². The molecule has 2 aromatic heterocycles. The number of carbonyl (C=O) groups is 2. The molecule has 0 saturated heterocycles. The summed E-state index contributed by atoms with van der Waals surface area (Å²) in [6, 6.07) is 1.47. The minimum absolute atomic E-state index is 0.123. The SMILES string of the molecule is Cc1nc(CC(C)C)c(C(=O)N(C)Cc2cc(C(=O)O)c(C)o2)s1. The zero-order valence-corrected chi connectivity index (χ0v) is 15.4. The first-order chi connectivity index (χ1) is 11.2. The lowest BCUT2D eigenvalue weighted by molar-refractivity contribution is 0.0694. The van der Waals surface area contributed by atoms with Gasteiger partial charge in [0.1, 0.15) is 22.0 Å². The quantitative estimate of drug-likeness (QED) is 0.862. The first-order valence-corrected chi connectivity index (χ1v) is 8.55. The van der Waals surface area contributed by atoms with Crippen molar-refractivity contribution in [3.63, 3.8) is 0 Å². The molecule has 0 aromatic carbocycles. The zero-order chi connectivity index (χ0) is 18.0. The lowest BCUT2D eigenvalue weighted by atomic mass is 10.1. The van der Waals surface area contributed by atoms with Gasteiger partial charge >= 0.3 is 5.97 Å². The number of carbonyl (C=O) groups excluding carboxylic acids is 1. The highest BCUT2D eigenvalue weighted by atomic mass is 32.1. The summed E-state index contributed by atoms with van der Waals surface area (Å²) in [4.78, 5) is 30.5. The molecule has 1 amide bonds. The van der Waals surface area contributed by atoms with Crippen molar-refractivity contribution in [2.45, 2.75) is 40.7 Å². The smallest absolute Gasteiger partial charge is 0.339 e. The molecule has 2 aromatic rings. The van der Waals surface area contributed by atoms with Crippen molar-refractivity contribution < 1.29 is 19.1 Å². The molecule has 0 bridgehead atoms. The molecule has 2 heterocycles. The van der Waals surface area contributed by atoms with Gasteiger partial charge in [0.25, 0.3) is 5.91 Å². The van der Waals surface area contributed by atoms with Crippen LogP contribution in [0.4, 0.5) is 0 Å². The summed E-state index contributed by atoms with van der Waals surface area (Å²) >= 11 is 1.39. The molecule has 1 N–H and O–H groups in total. The Morgan fingerprint density at radius 3 is 2.58 bits per heavy atom. The molecule has 0 aliphatic rings. The van der Waals surface area contributed by atoms with Crippen LogP contribution in [0.3, 0.4) is 0 Å². The van der Waals surface area contributed by atoms with E-state index in [4.69, 9.17) is 9.52 Å². The second-order valence-corrected chi connectivity index (χ2v) is 7.46. The molecule has 24 heavy (non-hydrogen) atoms. The lowest BCUT2D eigenvalue weighted by Gasteiger charge is -2.15. The Kier molecular flexibility index (Phi) is 5.43. The van der Waals surface area contributed by atoms with Gasteiger partial charge in [0, 0.05) is 7.05 Å². The zero-order valence-electron chi connectivity index (χ0n) is 14.5. The van der Waals surface area contributed by atoms with Gasteiger partial charge in [-0.15, -0.1) is 11.3 Å². The van der Waals surface area contributed by atoms with Crippen LogP contribution < -0.4 is 0 Å². The maximum atomic E-state index is 12.7. The predicted octanol–water partition coefficient (Wildman–Crippen LogP) is 3.52. The van der Waals surface area contributed by atoms with Crippen LogP contribution in [0.25, 0.3) is 0 Å². The fraction of sp³-hybridized carbons (Fsp3) is 0.471. The topological polar surface area (TPSA) is 83.6 Å². The number of hydrogen-bond acceptors (Lipinski definition) is 5. The molecular formula is C17H22N2O4S. The molecule has 7 heteroatoms. The highest BCUT2D eigenvalue weighted by Crippen LogP contribution is 2.23. The maximum Gasteiger partial charge on any atom is 0.339 e. The first kappa shape index (κ1) is 18.2. The summed E-state index contributed by atoms with van der Waals surface area (Å²) in [6.07, 6.45) is 0.752. The normalized spacial score (nSPS) is 11.1. The Hall–Kier alpha value is -2.15. The molecule has 2 rings (SSSR count). The minimum atomic E-state index is -1.03. The number of nitrogens with zero attached hydrogens (tertiary/aromatic N) is 2. The van der Waals surface area contributed by atoms with Crippen molar-refractivity contribution >= 4 is 23.2 Å². The van der Waals surface area contributed by atoms with Gasteiger partial charge in [-0.1, -0.05) is 13.8 Å². The van der Waals surface area contributed by atoms with E-state index in [0.717, 1.165) is 17.1 Å². The second-order valence-electron chi connectivity index (χ2n) is 6.26. The molecule has 0 atom stereocenters. The van der Waals surface area contributed by atoms with E-state index >= 15 is 0 Å². The summed E-state index contributed by atoms with van der Waals surface area (Å²) < 4.78 is 5.45. The number of rotatable bonds is 6. The summed E-state index contributed by atoms with van der Waals surface area (Å²) in [5.41, 5.74) is 0.950. The van der Waals surface area contributed by atoms with Crippen molar-refractivity contribution in [3.8, 4) is 0 Å². The fourth-order valence-electron chi connectivity index (χ4n) is 2.48. The minimum Gasteiger partial charge on any atom is -0.478 e. The van der Waals surface area contributed by atoms with E-state index in [1.807, 2.05) is 6.92 Å². The molecule has 0 spiro atoms. The first-order valence-electron chi connectivity index (χ1n) is 7.73. The Balaban J connectivity index is 2.18. The van der Waals surface area contributed by atoms with Crippen molar-refractivity contribution in [1.82, 2.24) is 9.88 Å². The molecule has 0 radical (unpaired) electrons. The van der Waals surface area contributed by atoms with Crippen molar-refractivity contribution in [2.24, 2.45) is 5.92 Å². The predicted molar refractivity (Wildman–Crippen MR) is 91.6 cm³/mol. The number of hydrogen-bond donors (Lipinski definition) is 1. The molecule has 6 nitrogen and oxygen atoms in total. The van der Waals surface area contributed by atoms with Gasteiger partial charge < -0.3 is 14.4 Å². The summed E-state index contributed by atoms with van der Waals surface area (Å²) in [5.74, 6) is 0.0463. The molecular weight excluding hydrogens is 328 g/mol. The lowest BCUT2D eigenvalue weighted by Crippen LogP contribution is -2.26. The molecule has 0 fully saturated rings. The molecule has 0 aliphatic heterocycles. The number of aryl methyl sites for hydroxylation is 2. The van der Waals surface area contributed by atoms with Gasteiger partial charge in [-0.05, 0) is 32.3 Å². The number of amides is 1. The number of carboxylic acids is 1. The third-order valence-electron chi connectivity index (χ3n) is 3.54. The Morgan fingerprint density at radius 1 is 1.38 bits per heavy atom. The monoisotopic (exact) mass is 350 g/mol. The summed E-state index contributed by atoms with van der Waals surface area (Å²) in [6.45, 7) is 7.88. The van der Waals surface area contributed by atoms with E-state index in [1.165, 1.54) is 22.3 Å². The van der Waals surface area contributed by atoms with Crippen LogP contribution in [0.1, 0.15) is 56.1 Å². The second kappa shape index (κ2) is 7.17. The largest absolute Gasteiger partial charge is 0.478 e. The van der Waals surface area contributed by atoms with Crippen molar-refractivity contribution in [1.29, 1.82) is 0 Å². The van der Waals surface area contributed by atoms with E-state index in [1.54, 1.807) is 14.0 Å². The van der Waals surface area contributed by atoms with E-state index in [9.17, 15) is 9.59 Å². The van der Waals surface area contributed by atoms with Crippen LogP contribution in [0.5, 0.6) is 0 Å². The van der Waals surface area contributed by atoms with E-state index in [-0.39, 0.29) is 18.0 Å². The van der Waals surface area contributed by atoms with Crippen LogP contribution in [-0.4, -0.2) is 33.9 Å². The third kappa shape index (κ3) is 4.03. The summed E-state index contributed by atoms with van der Waals surface area (Å²) in [7, 11) is 1.68. The molecule has 0 aliphatic carbocycles. The van der Waals surface area contributed by atoms with Gasteiger partial charge in [0.15, 0.2) is 0 Å². The number of aromatic carboxylic acids is 1. The molecule has 130 valence electrons. The fourth-order valence-corrected chi connectivity index (χ4v) is 3.42. The van der Waals surface area contributed by atoms with Crippen LogP contribution in [0, 0.1) is 19.8 Å². The average Bonchev–Trinajstić information content (AvgIpc) is 3.00. The highest BCUT2D eigenvalue weighted by molar-refractivity contribution is 7.13. The van der Waals surface area contributed by atoms with Crippen LogP contribution in [0.2, 0.25) is 0 Å². The number of furan rings is 1. The number of carboxylic acid groups (broad SMARTS) is 1. The van der Waals surface area contributed by atoms with E-state index in [2.05, 4.69) is 18.8 Å². The highest BCUT2D eigenvalue weighted by Gasteiger charge is 2.22. The van der Waals surface area contributed by atoms with Gasteiger partial charge in [-0.3, -0.25) is 4.79 Å². The van der Waals surface area contributed by atoms with Gasteiger partial charge in [-0.25, -0.2) is 9.78 Å². The third-order valence-corrected chi connectivity index (χ3v) is 4.54. The standard InChI is InChI=1S/C17H22N2O4S/c1-9(2)6-14-15(24-11(4)18-14)16(20)19(5)8-12-7-13(17(21)22)10(3)23-12/h7,9H,6,8H2,1-5H3,(H,21,22). The van der Waals surface area contributed by atoms with E-state index < -0.39 is 5.97 Å². The Morgan fingerprint density at radius 2 is 2.04 bits per heavy atom. The summed E-state index contributed by atoms with van der Waals surface area (Å²) in [5, 5.41) is 9.94. The van der Waals surface area contributed by atoms with Crippen LogP contribution >= 0.6 is 11.3 Å². The van der Waals surface area contributed by atoms with Crippen molar-refractivity contribution in [3.05, 3.63) is 38.7 Å². The van der Waals surface area contributed by atoms with Gasteiger partial charge in [-0.2, -0.15) is 0 Å². The molecule has 0 unspecified atom stereocenters.